The van der Waals surface area contributed by atoms with Gasteiger partial charge >= 0.3 is 0 Å². The number of carbonyl (C=O) groups excluding carboxylic acids is 1. The topological polar surface area (TPSA) is 20.3 Å². The zero-order valence-corrected chi connectivity index (χ0v) is 15.5. The number of ketones is 1. The van der Waals surface area contributed by atoms with Crippen molar-refractivity contribution in [3.05, 3.63) is 70.8 Å². The number of hydrogen-bond donors (Lipinski definition) is 0. The van der Waals surface area contributed by atoms with Gasteiger partial charge in [0.05, 0.1) is 6.54 Å². The minimum absolute atomic E-state index is 0.233. The maximum atomic E-state index is 12.9. The number of benzene rings is 2. The minimum Gasteiger partial charge on any atom is -0.293 e. The Bertz CT molecular complexity index is 705. The van der Waals surface area contributed by atoms with Crippen LogP contribution in [-0.4, -0.2) is 23.3 Å². The van der Waals surface area contributed by atoms with E-state index in [2.05, 4.69) is 55.1 Å². The predicted octanol–water partition coefficient (Wildman–Crippen LogP) is 5.05. The fraction of sp³-hybridized carbons (Fsp3) is 0.435. The Morgan fingerprint density at radius 1 is 0.960 bits per heavy atom. The van der Waals surface area contributed by atoms with E-state index in [4.69, 9.17) is 0 Å². The Balaban J connectivity index is 1.72. The lowest BCUT2D eigenvalue weighted by Gasteiger charge is -2.26. The fourth-order valence-electron chi connectivity index (χ4n) is 3.60. The zero-order valence-electron chi connectivity index (χ0n) is 15.5. The van der Waals surface area contributed by atoms with E-state index in [0.717, 1.165) is 24.9 Å². The van der Waals surface area contributed by atoms with Crippen LogP contribution in [0.4, 0.5) is 0 Å². The average Bonchev–Trinajstić information content (AvgIpc) is 2.86. The van der Waals surface area contributed by atoms with Crippen molar-refractivity contribution in [2.75, 3.05) is 6.54 Å². The smallest absolute Gasteiger partial charge is 0.176 e. The third-order valence-corrected chi connectivity index (χ3v) is 5.23. The summed E-state index contributed by atoms with van der Waals surface area (Å²) in [6.45, 7) is 5.61. The summed E-state index contributed by atoms with van der Waals surface area (Å²) in [7, 11) is 0. The summed E-state index contributed by atoms with van der Waals surface area (Å²) >= 11 is 0. The normalized spacial score (nSPS) is 14.4. The van der Waals surface area contributed by atoms with Gasteiger partial charge in [-0.3, -0.25) is 9.69 Å². The highest BCUT2D eigenvalue weighted by atomic mass is 16.1. The SMILES string of the molecule is CC(C)N(CC(=O)c1ccc2c(c1)CCCCC2)Cc1ccccc1. The predicted molar refractivity (Wildman–Crippen MR) is 104 cm³/mol. The molecule has 0 aliphatic heterocycles. The monoisotopic (exact) mass is 335 g/mol. The first kappa shape index (κ1) is 17.9. The van der Waals surface area contributed by atoms with E-state index in [1.165, 1.54) is 36.0 Å². The van der Waals surface area contributed by atoms with Crippen LogP contribution in [0.15, 0.2) is 48.5 Å². The Morgan fingerprint density at radius 3 is 2.40 bits per heavy atom. The van der Waals surface area contributed by atoms with Crippen molar-refractivity contribution >= 4 is 5.78 Å². The van der Waals surface area contributed by atoms with Gasteiger partial charge < -0.3 is 0 Å². The molecule has 0 atom stereocenters. The molecular formula is C23H29NO. The summed E-state index contributed by atoms with van der Waals surface area (Å²) in [5.41, 5.74) is 4.96. The molecular weight excluding hydrogens is 306 g/mol. The van der Waals surface area contributed by atoms with E-state index in [1.54, 1.807) is 0 Å². The number of carbonyl (C=O) groups is 1. The molecule has 0 heterocycles. The molecule has 0 radical (unpaired) electrons. The minimum atomic E-state index is 0.233. The molecule has 0 unspecified atom stereocenters. The van der Waals surface area contributed by atoms with Crippen molar-refractivity contribution in [2.45, 2.75) is 58.5 Å². The molecule has 2 heteroatoms. The van der Waals surface area contributed by atoms with Crippen LogP contribution in [0.2, 0.25) is 0 Å². The summed E-state index contributed by atoms with van der Waals surface area (Å²) in [4.78, 5) is 15.1. The second-order valence-electron chi connectivity index (χ2n) is 7.45. The molecule has 0 spiro atoms. The average molecular weight is 335 g/mol. The van der Waals surface area contributed by atoms with Crippen LogP contribution in [0.1, 0.15) is 60.2 Å². The molecule has 0 amide bonds. The Hall–Kier alpha value is -1.93. The van der Waals surface area contributed by atoms with Crippen LogP contribution >= 0.6 is 0 Å². The van der Waals surface area contributed by atoms with Gasteiger partial charge in [0.15, 0.2) is 5.78 Å². The van der Waals surface area contributed by atoms with E-state index in [0.29, 0.717) is 12.6 Å². The number of rotatable bonds is 6. The second-order valence-corrected chi connectivity index (χ2v) is 7.45. The first-order valence-electron chi connectivity index (χ1n) is 9.56. The zero-order chi connectivity index (χ0) is 17.6. The third-order valence-electron chi connectivity index (χ3n) is 5.23. The summed E-state index contributed by atoms with van der Waals surface area (Å²) in [6, 6.07) is 17.1. The van der Waals surface area contributed by atoms with Gasteiger partial charge in [-0.1, -0.05) is 48.9 Å². The maximum Gasteiger partial charge on any atom is 0.176 e. The Morgan fingerprint density at radius 2 is 1.68 bits per heavy atom. The number of hydrogen-bond acceptors (Lipinski definition) is 2. The van der Waals surface area contributed by atoms with Crippen molar-refractivity contribution < 1.29 is 4.79 Å². The van der Waals surface area contributed by atoms with E-state index in [1.807, 2.05) is 12.1 Å². The second kappa shape index (κ2) is 8.44. The number of fused-ring (bicyclic) bond motifs is 1. The first-order valence-corrected chi connectivity index (χ1v) is 9.56. The highest BCUT2D eigenvalue weighted by molar-refractivity contribution is 5.97. The van der Waals surface area contributed by atoms with Gasteiger partial charge in [-0.2, -0.15) is 0 Å². The van der Waals surface area contributed by atoms with Gasteiger partial charge in [-0.25, -0.2) is 0 Å². The van der Waals surface area contributed by atoms with Crippen LogP contribution in [0.25, 0.3) is 0 Å². The molecule has 0 N–H and O–H groups in total. The van der Waals surface area contributed by atoms with Crippen molar-refractivity contribution in [1.82, 2.24) is 4.90 Å². The lowest BCUT2D eigenvalue weighted by Crippen LogP contribution is -2.35. The van der Waals surface area contributed by atoms with Crippen molar-refractivity contribution in [3.8, 4) is 0 Å². The fourth-order valence-corrected chi connectivity index (χ4v) is 3.60. The maximum absolute atomic E-state index is 12.9. The Labute approximate surface area is 151 Å². The van der Waals surface area contributed by atoms with Gasteiger partial charge in [0.25, 0.3) is 0 Å². The third kappa shape index (κ3) is 4.79. The van der Waals surface area contributed by atoms with Crippen LogP contribution < -0.4 is 0 Å². The molecule has 0 fully saturated rings. The quantitative estimate of drug-likeness (QED) is 0.544. The molecule has 3 rings (SSSR count). The van der Waals surface area contributed by atoms with Crippen molar-refractivity contribution in [3.63, 3.8) is 0 Å². The lowest BCUT2D eigenvalue weighted by molar-refractivity contribution is 0.0898. The molecule has 0 bridgehead atoms. The van der Waals surface area contributed by atoms with Gasteiger partial charge in [0.1, 0.15) is 0 Å². The summed E-state index contributed by atoms with van der Waals surface area (Å²) < 4.78 is 0. The molecule has 25 heavy (non-hydrogen) atoms. The number of Topliss-reactive ketones (excluding diaryl/α,β-unsaturated/α-hetero) is 1. The molecule has 0 aromatic heterocycles. The van der Waals surface area contributed by atoms with Crippen LogP contribution in [0.3, 0.4) is 0 Å². The summed E-state index contributed by atoms with van der Waals surface area (Å²) in [5, 5.41) is 0. The standard InChI is InChI=1S/C23H29NO/c1-18(2)24(16-19-9-5-3-6-10-19)17-23(25)22-14-13-20-11-7-4-8-12-21(20)15-22/h3,5-6,9-10,13-15,18H,4,7-8,11-12,16-17H2,1-2H3. The van der Waals surface area contributed by atoms with Crippen molar-refractivity contribution in [1.29, 1.82) is 0 Å². The van der Waals surface area contributed by atoms with Gasteiger partial charge in [0, 0.05) is 18.2 Å². The van der Waals surface area contributed by atoms with E-state index in [-0.39, 0.29) is 5.78 Å². The number of aryl methyl sites for hydroxylation is 2. The highest BCUT2D eigenvalue weighted by Crippen LogP contribution is 2.22. The molecule has 132 valence electrons. The summed E-state index contributed by atoms with van der Waals surface area (Å²) in [6.07, 6.45) is 6.11. The first-order chi connectivity index (χ1) is 12.1. The number of nitrogens with zero attached hydrogens (tertiary/aromatic N) is 1. The molecule has 1 aliphatic carbocycles. The molecule has 2 aromatic rings. The van der Waals surface area contributed by atoms with Gasteiger partial charge in [-0.15, -0.1) is 0 Å². The molecule has 2 aromatic carbocycles. The van der Waals surface area contributed by atoms with Gasteiger partial charge in [0.2, 0.25) is 0 Å². The van der Waals surface area contributed by atoms with E-state index in [9.17, 15) is 4.79 Å². The molecule has 2 nitrogen and oxygen atoms in total. The van der Waals surface area contributed by atoms with Crippen LogP contribution in [0.5, 0.6) is 0 Å². The molecule has 0 saturated carbocycles. The van der Waals surface area contributed by atoms with Crippen molar-refractivity contribution in [2.24, 2.45) is 0 Å². The van der Waals surface area contributed by atoms with Crippen LogP contribution in [0, 0.1) is 0 Å². The van der Waals surface area contributed by atoms with E-state index < -0.39 is 0 Å². The van der Waals surface area contributed by atoms with Gasteiger partial charge in [-0.05, 0) is 62.3 Å². The van der Waals surface area contributed by atoms with Crippen LogP contribution in [-0.2, 0) is 19.4 Å². The van der Waals surface area contributed by atoms with E-state index >= 15 is 0 Å². The highest BCUT2D eigenvalue weighted by Gasteiger charge is 2.17. The lowest BCUT2D eigenvalue weighted by atomic mass is 9.98. The Kier molecular flexibility index (Phi) is 6.04. The molecule has 0 saturated heterocycles. The largest absolute Gasteiger partial charge is 0.293 e. The molecule has 1 aliphatic rings. The summed E-state index contributed by atoms with van der Waals surface area (Å²) in [5.74, 6) is 0.233.